The molecule has 1 saturated heterocycles. The summed E-state index contributed by atoms with van der Waals surface area (Å²) in [6.45, 7) is 9.12. The van der Waals surface area contributed by atoms with E-state index in [1.807, 2.05) is 6.92 Å². The number of anilines is 1. The van der Waals surface area contributed by atoms with Gasteiger partial charge in [-0.2, -0.15) is 0 Å². The molecule has 1 aromatic rings. The Morgan fingerprint density at radius 3 is 2.63 bits per heavy atom. The number of piperazine rings is 1. The van der Waals surface area contributed by atoms with Gasteiger partial charge in [-0.3, -0.25) is 4.90 Å². The first kappa shape index (κ1) is 13.8. The monoisotopic (exact) mass is 263 g/mol. The minimum atomic E-state index is -0.930. The Balaban J connectivity index is 2.26. The number of likely N-dealkylation sites (N-methyl/N-ethyl adjacent to an activating group) is 1. The van der Waals surface area contributed by atoms with Crippen molar-refractivity contribution in [3.8, 4) is 0 Å². The molecule has 0 amide bonds. The van der Waals surface area contributed by atoms with Gasteiger partial charge < -0.3 is 10.0 Å². The predicted octanol–water partition coefficient (Wildman–Crippen LogP) is 1.62. The highest BCUT2D eigenvalue weighted by Gasteiger charge is 2.32. The second-order valence-electron chi connectivity index (χ2n) is 5.83. The second kappa shape index (κ2) is 4.81. The zero-order valence-corrected chi connectivity index (χ0v) is 12.0. The average molecular weight is 263 g/mol. The van der Waals surface area contributed by atoms with Gasteiger partial charge >= 0.3 is 5.97 Å². The standard InChI is InChI=1S/C14H21N3O2/c1-10-7-11(13(18)19)8-15-12(10)17-6-5-16(4)14(2,3)9-17/h7-8H,5-6,9H2,1-4H3,(H,18,19). The number of pyridine rings is 1. The summed E-state index contributed by atoms with van der Waals surface area (Å²) in [6, 6.07) is 1.69. The van der Waals surface area contributed by atoms with E-state index in [1.54, 1.807) is 6.07 Å². The third-order valence-electron chi connectivity index (χ3n) is 3.91. The molecule has 0 radical (unpaired) electrons. The van der Waals surface area contributed by atoms with Crippen LogP contribution in [0.3, 0.4) is 0 Å². The summed E-state index contributed by atoms with van der Waals surface area (Å²) >= 11 is 0. The molecule has 0 saturated carbocycles. The molecule has 1 aliphatic heterocycles. The lowest BCUT2D eigenvalue weighted by molar-refractivity contribution is 0.0696. The summed E-state index contributed by atoms with van der Waals surface area (Å²) in [5.74, 6) is -0.0352. The highest BCUT2D eigenvalue weighted by molar-refractivity contribution is 5.87. The zero-order chi connectivity index (χ0) is 14.2. The number of carbonyl (C=O) groups is 1. The Hall–Kier alpha value is -1.62. The van der Waals surface area contributed by atoms with Crippen molar-refractivity contribution in [2.24, 2.45) is 0 Å². The lowest BCUT2D eigenvalue weighted by atomic mass is 9.99. The Morgan fingerprint density at radius 2 is 2.11 bits per heavy atom. The number of aryl methyl sites for hydroxylation is 1. The Morgan fingerprint density at radius 1 is 1.42 bits per heavy atom. The van der Waals surface area contributed by atoms with Crippen molar-refractivity contribution in [3.05, 3.63) is 23.4 Å². The lowest BCUT2D eigenvalue weighted by Crippen LogP contribution is -2.58. The molecule has 0 atom stereocenters. The Kier molecular flexibility index (Phi) is 3.49. The van der Waals surface area contributed by atoms with E-state index in [2.05, 4.69) is 35.7 Å². The van der Waals surface area contributed by atoms with Crippen LogP contribution in [0.25, 0.3) is 0 Å². The highest BCUT2D eigenvalue weighted by Crippen LogP contribution is 2.25. The summed E-state index contributed by atoms with van der Waals surface area (Å²) in [7, 11) is 2.13. The minimum Gasteiger partial charge on any atom is -0.478 e. The summed E-state index contributed by atoms with van der Waals surface area (Å²) in [6.07, 6.45) is 1.44. The molecule has 1 fully saturated rings. The fraction of sp³-hybridized carbons (Fsp3) is 0.571. The molecule has 0 aromatic carbocycles. The smallest absolute Gasteiger partial charge is 0.337 e. The second-order valence-corrected chi connectivity index (χ2v) is 5.83. The average Bonchev–Trinajstić information content (AvgIpc) is 2.32. The van der Waals surface area contributed by atoms with Gasteiger partial charge in [-0.05, 0) is 39.4 Å². The molecule has 0 aliphatic carbocycles. The molecule has 0 bridgehead atoms. The van der Waals surface area contributed by atoms with Crippen molar-refractivity contribution in [3.63, 3.8) is 0 Å². The van der Waals surface area contributed by atoms with Gasteiger partial charge in [0.2, 0.25) is 0 Å². The molecular formula is C14H21N3O2. The first-order valence-corrected chi connectivity index (χ1v) is 6.47. The van der Waals surface area contributed by atoms with Crippen LogP contribution in [0.2, 0.25) is 0 Å². The normalized spacial score (nSPS) is 19.5. The van der Waals surface area contributed by atoms with Gasteiger partial charge in [-0.25, -0.2) is 9.78 Å². The van der Waals surface area contributed by atoms with Crippen molar-refractivity contribution in [2.75, 3.05) is 31.6 Å². The van der Waals surface area contributed by atoms with E-state index in [1.165, 1.54) is 6.20 Å². The van der Waals surface area contributed by atoms with Crippen LogP contribution < -0.4 is 4.90 Å². The van der Waals surface area contributed by atoms with E-state index in [-0.39, 0.29) is 11.1 Å². The van der Waals surface area contributed by atoms with E-state index in [4.69, 9.17) is 5.11 Å². The molecule has 0 unspecified atom stereocenters. The van der Waals surface area contributed by atoms with Gasteiger partial charge in [0.05, 0.1) is 5.56 Å². The van der Waals surface area contributed by atoms with Crippen LogP contribution in [0, 0.1) is 6.92 Å². The maximum atomic E-state index is 10.9. The van der Waals surface area contributed by atoms with Crippen molar-refractivity contribution < 1.29 is 9.90 Å². The van der Waals surface area contributed by atoms with Gasteiger partial charge in [0.15, 0.2) is 0 Å². The molecule has 2 rings (SSSR count). The summed E-state index contributed by atoms with van der Waals surface area (Å²) < 4.78 is 0. The van der Waals surface area contributed by atoms with Gasteiger partial charge in [0, 0.05) is 31.4 Å². The van der Waals surface area contributed by atoms with Crippen LogP contribution in [0.5, 0.6) is 0 Å². The van der Waals surface area contributed by atoms with E-state index >= 15 is 0 Å². The summed E-state index contributed by atoms with van der Waals surface area (Å²) in [5.41, 5.74) is 1.26. The van der Waals surface area contributed by atoms with Gasteiger partial charge in [-0.1, -0.05) is 0 Å². The van der Waals surface area contributed by atoms with Gasteiger partial charge in [0.25, 0.3) is 0 Å². The molecule has 5 nitrogen and oxygen atoms in total. The van der Waals surface area contributed by atoms with E-state index in [0.717, 1.165) is 31.0 Å². The maximum absolute atomic E-state index is 10.9. The highest BCUT2D eigenvalue weighted by atomic mass is 16.4. The van der Waals surface area contributed by atoms with Crippen LogP contribution >= 0.6 is 0 Å². The third kappa shape index (κ3) is 2.71. The topological polar surface area (TPSA) is 56.7 Å². The van der Waals surface area contributed by atoms with Crippen molar-refractivity contribution in [1.29, 1.82) is 0 Å². The molecular weight excluding hydrogens is 242 g/mol. The third-order valence-corrected chi connectivity index (χ3v) is 3.91. The zero-order valence-electron chi connectivity index (χ0n) is 12.0. The quantitative estimate of drug-likeness (QED) is 0.878. The molecule has 1 N–H and O–H groups in total. The van der Waals surface area contributed by atoms with Crippen molar-refractivity contribution in [1.82, 2.24) is 9.88 Å². The number of carboxylic acids is 1. The van der Waals surface area contributed by atoms with E-state index in [9.17, 15) is 4.79 Å². The number of rotatable bonds is 2. The molecule has 104 valence electrons. The van der Waals surface area contributed by atoms with Gasteiger partial charge in [-0.15, -0.1) is 0 Å². The number of aromatic nitrogens is 1. The number of hydrogen-bond donors (Lipinski definition) is 1. The van der Waals surface area contributed by atoms with Crippen LogP contribution in [0.15, 0.2) is 12.3 Å². The van der Waals surface area contributed by atoms with Crippen molar-refractivity contribution in [2.45, 2.75) is 26.3 Å². The first-order valence-electron chi connectivity index (χ1n) is 6.47. The van der Waals surface area contributed by atoms with Crippen molar-refractivity contribution >= 4 is 11.8 Å². The first-order chi connectivity index (χ1) is 8.81. The molecule has 5 heteroatoms. The number of nitrogens with zero attached hydrogens (tertiary/aromatic N) is 3. The fourth-order valence-electron chi connectivity index (χ4n) is 2.44. The molecule has 1 aliphatic rings. The van der Waals surface area contributed by atoms with Gasteiger partial charge in [0.1, 0.15) is 5.82 Å². The predicted molar refractivity (Wildman–Crippen MR) is 74.9 cm³/mol. The SMILES string of the molecule is Cc1cc(C(=O)O)cnc1N1CCN(C)C(C)(C)C1. The van der Waals surface area contributed by atoms with Crippen LogP contribution in [0.4, 0.5) is 5.82 Å². The molecule has 2 heterocycles. The van der Waals surface area contributed by atoms with E-state index in [0.29, 0.717) is 0 Å². The van der Waals surface area contributed by atoms with Crippen LogP contribution in [-0.2, 0) is 0 Å². The number of aromatic carboxylic acids is 1. The largest absolute Gasteiger partial charge is 0.478 e. The van der Waals surface area contributed by atoms with Crippen LogP contribution in [0.1, 0.15) is 29.8 Å². The number of carboxylic acid groups (broad SMARTS) is 1. The Bertz CT molecular complexity index is 499. The molecule has 19 heavy (non-hydrogen) atoms. The summed E-state index contributed by atoms with van der Waals surface area (Å²) in [5, 5.41) is 8.97. The minimum absolute atomic E-state index is 0.0951. The summed E-state index contributed by atoms with van der Waals surface area (Å²) in [4.78, 5) is 19.8. The maximum Gasteiger partial charge on any atom is 0.337 e. The fourth-order valence-corrected chi connectivity index (χ4v) is 2.44. The lowest BCUT2D eigenvalue weighted by Gasteiger charge is -2.46. The Labute approximate surface area is 113 Å². The van der Waals surface area contributed by atoms with Crippen LogP contribution in [-0.4, -0.2) is 53.2 Å². The number of hydrogen-bond acceptors (Lipinski definition) is 4. The molecule has 1 aromatic heterocycles. The van der Waals surface area contributed by atoms with E-state index < -0.39 is 5.97 Å². The molecule has 0 spiro atoms.